The van der Waals surface area contributed by atoms with E-state index in [1.165, 1.54) is 11.3 Å². The van der Waals surface area contributed by atoms with Gasteiger partial charge in [-0.2, -0.15) is 13.2 Å². The van der Waals surface area contributed by atoms with E-state index < -0.39 is 17.6 Å². The predicted octanol–water partition coefficient (Wildman–Crippen LogP) is 4.86. The van der Waals surface area contributed by atoms with Crippen molar-refractivity contribution in [3.05, 3.63) is 64.4 Å². The van der Waals surface area contributed by atoms with E-state index in [1.54, 1.807) is 18.2 Å². The number of benzene rings is 2. The number of morpholine rings is 1. The van der Waals surface area contributed by atoms with E-state index in [1.807, 2.05) is 5.38 Å². The highest BCUT2D eigenvalue weighted by Gasteiger charge is 2.35. The van der Waals surface area contributed by atoms with Crippen molar-refractivity contribution in [2.24, 2.45) is 0 Å². The molecule has 0 bridgehead atoms. The number of H-pyrrole nitrogens is 1. The van der Waals surface area contributed by atoms with Gasteiger partial charge in [0.05, 0.1) is 41.9 Å². The molecule has 0 atom stereocenters. The van der Waals surface area contributed by atoms with Gasteiger partial charge in [-0.05, 0) is 29.8 Å². The zero-order valence-corrected chi connectivity index (χ0v) is 19.7. The molecule has 1 aliphatic heterocycles. The molecule has 188 valence electrons. The summed E-state index contributed by atoms with van der Waals surface area (Å²) in [6.07, 6.45) is -4.80. The first kappa shape index (κ1) is 24.3. The van der Waals surface area contributed by atoms with Gasteiger partial charge in [-0.3, -0.25) is 9.69 Å². The third-order valence-electron chi connectivity index (χ3n) is 5.78. The van der Waals surface area contributed by atoms with Crippen LogP contribution in [0.5, 0.6) is 0 Å². The molecule has 0 spiro atoms. The molecular formula is C24H21F4N5O2S. The van der Waals surface area contributed by atoms with Crippen molar-refractivity contribution in [3.8, 4) is 11.4 Å². The largest absolute Gasteiger partial charge is 0.417 e. The molecule has 7 nitrogen and oxygen atoms in total. The lowest BCUT2D eigenvalue weighted by atomic mass is 10.1. The van der Waals surface area contributed by atoms with Crippen molar-refractivity contribution in [1.82, 2.24) is 19.9 Å². The summed E-state index contributed by atoms with van der Waals surface area (Å²) >= 11 is 1.33. The number of aromatic nitrogens is 3. The monoisotopic (exact) mass is 519 g/mol. The Hall–Kier alpha value is -3.35. The molecule has 5 rings (SSSR count). The average molecular weight is 520 g/mol. The first-order valence-electron chi connectivity index (χ1n) is 11.2. The highest BCUT2D eigenvalue weighted by Crippen LogP contribution is 2.37. The zero-order valence-electron chi connectivity index (χ0n) is 18.9. The number of nitrogens with zero attached hydrogens (tertiary/aromatic N) is 3. The van der Waals surface area contributed by atoms with Crippen LogP contribution in [0, 0.1) is 5.82 Å². The van der Waals surface area contributed by atoms with Crippen LogP contribution in [0.25, 0.3) is 22.4 Å². The minimum Gasteiger partial charge on any atom is -0.379 e. The van der Waals surface area contributed by atoms with Crippen LogP contribution in [0.3, 0.4) is 0 Å². The molecule has 3 heterocycles. The second-order valence-corrected chi connectivity index (χ2v) is 9.20. The van der Waals surface area contributed by atoms with Gasteiger partial charge in [0.15, 0.2) is 5.13 Å². The van der Waals surface area contributed by atoms with Crippen LogP contribution < -0.4 is 5.32 Å². The minimum absolute atomic E-state index is 0.0461. The van der Waals surface area contributed by atoms with Crippen LogP contribution in [-0.4, -0.2) is 52.1 Å². The molecule has 2 aromatic carbocycles. The summed E-state index contributed by atoms with van der Waals surface area (Å²) in [7, 11) is 0. The van der Waals surface area contributed by atoms with Crippen LogP contribution in [0.2, 0.25) is 0 Å². The summed E-state index contributed by atoms with van der Waals surface area (Å²) in [6.45, 7) is 3.71. The first-order valence-corrected chi connectivity index (χ1v) is 12.0. The number of hydrogen-bond acceptors (Lipinski definition) is 6. The Morgan fingerprint density at radius 3 is 2.75 bits per heavy atom. The summed E-state index contributed by atoms with van der Waals surface area (Å²) in [5, 5.41) is 5.15. The third kappa shape index (κ3) is 5.40. The molecule has 0 aliphatic carbocycles. The molecule has 1 amide bonds. The number of rotatable bonds is 6. The van der Waals surface area contributed by atoms with Crippen molar-refractivity contribution >= 4 is 33.4 Å². The number of thiazole rings is 1. The third-order valence-corrected chi connectivity index (χ3v) is 6.58. The lowest BCUT2D eigenvalue weighted by Crippen LogP contribution is -2.35. The number of halogens is 4. The summed E-state index contributed by atoms with van der Waals surface area (Å²) in [5.41, 5.74) is 0.829. The maximum Gasteiger partial charge on any atom is 0.417 e. The van der Waals surface area contributed by atoms with Gasteiger partial charge in [0.25, 0.3) is 0 Å². The van der Waals surface area contributed by atoms with Gasteiger partial charge in [0, 0.05) is 30.6 Å². The highest BCUT2D eigenvalue weighted by atomic mass is 32.1. The molecule has 2 N–H and O–H groups in total. The summed E-state index contributed by atoms with van der Waals surface area (Å²) in [4.78, 5) is 26.6. The molecule has 1 fully saturated rings. The Morgan fingerprint density at radius 1 is 1.17 bits per heavy atom. The number of aromatic amines is 1. The zero-order chi connectivity index (χ0) is 25.3. The summed E-state index contributed by atoms with van der Waals surface area (Å²) in [6, 6.07) is 7.47. The number of ether oxygens (including phenoxy) is 1. The van der Waals surface area contributed by atoms with Crippen LogP contribution in [0.15, 0.2) is 41.8 Å². The number of nitrogens with one attached hydrogen (secondary N) is 2. The van der Waals surface area contributed by atoms with Crippen molar-refractivity contribution < 1.29 is 27.1 Å². The Morgan fingerprint density at radius 2 is 1.97 bits per heavy atom. The first-order chi connectivity index (χ1) is 17.3. The molecule has 12 heteroatoms. The van der Waals surface area contributed by atoms with Crippen molar-refractivity contribution in [2.45, 2.75) is 19.1 Å². The Kier molecular flexibility index (Phi) is 6.73. The molecule has 0 saturated carbocycles. The van der Waals surface area contributed by atoms with E-state index in [2.05, 4.69) is 25.2 Å². The van der Waals surface area contributed by atoms with Crippen LogP contribution in [0.1, 0.15) is 16.8 Å². The van der Waals surface area contributed by atoms with Crippen LogP contribution in [-0.2, 0) is 28.7 Å². The standard InChI is InChI=1S/C24H21F4N5O2S/c25-15-4-5-17(18(11-15)24(26,27)28)22-30-19-3-1-2-14(21(19)32-22)10-20(34)31-23-29-16(13-36-23)12-33-6-8-35-9-7-33/h1-5,11,13H,6-10,12H2,(H,30,32)(H,29,31,34). The van der Waals surface area contributed by atoms with Gasteiger partial charge in [0.2, 0.25) is 5.91 Å². The highest BCUT2D eigenvalue weighted by molar-refractivity contribution is 7.13. The lowest BCUT2D eigenvalue weighted by molar-refractivity contribution is -0.137. The van der Waals surface area contributed by atoms with E-state index in [-0.39, 0.29) is 23.7 Å². The van der Waals surface area contributed by atoms with Gasteiger partial charge in [-0.1, -0.05) is 12.1 Å². The molecule has 0 unspecified atom stereocenters. The maximum atomic E-state index is 13.5. The van der Waals surface area contributed by atoms with E-state index in [0.717, 1.165) is 30.9 Å². The number of amides is 1. The number of imidazole rings is 1. The van der Waals surface area contributed by atoms with Gasteiger partial charge in [-0.15, -0.1) is 11.3 Å². The van der Waals surface area contributed by atoms with Crippen LogP contribution in [0.4, 0.5) is 22.7 Å². The van der Waals surface area contributed by atoms with Crippen molar-refractivity contribution in [2.75, 3.05) is 31.6 Å². The predicted molar refractivity (Wildman–Crippen MR) is 127 cm³/mol. The van der Waals surface area contributed by atoms with E-state index >= 15 is 0 Å². The average Bonchev–Trinajstić information content (AvgIpc) is 3.46. The van der Waals surface area contributed by atoms with E-state index in [4.69, 9.17) is 4.74 Å². The molecule has 2 aromatic heterocycles. The summed E-state index contributed by atoms with van der Waals surface area (Å²) < 4.78 is 59.3. The Labute approximate surface area is 207 Å². The molecule has 1 aliphatic rings. The quantitative estimate of drug-likeness (QED) is 0.356. The number of alkyl halides is 3. The number of hydrogen-bond donors (Lipinski definition) is 2. The second kappa shape index (κ2) is 9.96. The molecule has 4 aromatic rings. The maximum absolute atomic E-state index is 13.5. The minimum atomic E-state index is -4.76. The fourth-order valence-electron chi connectivity index (χ4n) is 4.08. The number of carbonyl (C=O) groups is 1. The normalized spacial score (nSPS) is 14.9. The van der Waals surface area contributed by atoms with E-state index in [0.29, 0.717) is 47.6 Å². The lowest BCUT2D eigenvalue weighted by Gasteiger charge is -2.25. The number of carbonyl (C=O) groups excluding carboxylic acids is 1. The summed E-state index contributed by atoms with van der Waals surface area (Å²) in [5.74, 6) is -1.37. The van der Waals surface area contributed by atoms with E-state index in [9.17, 15) is 22.4 Å². The Bertz CT molecular complexity index is 1390. The second-order valence-electron chi connectivity index (χ2n) is 8.34. The van der Waals surface area contributed by atoms with Gasteiger partial charge >= 0.3 is 6.18 Å². The Balaban J connectivity index is 1.33. The fraction of sp³-hybridized carbons (Fsp3) is 0.292. The van der Waals surface area contributed by atoms with Crippen molar-refractivity contribution in [3.63, 3.8) is 0 Å². The molecule has 36 heavy (non-hydrogen) atoms. The number of para-hydroxylation sites is 1. The number of fused-ring (bicyclic) bond motifs is 1. The molecule has 0 radical (unpaired) electrons. The smallest absolute Gasteiger partial charge is 0.379 e. The van der Waals surface area contributed by atoms with Gasteiger partial charge < -0.3 is 15.0 Å². The fourth-order valence-corrected chi connectivity index (χ4v) is 4.80. The SMILES string of the molecule is O=C(Cc1cccc2[nH]c(-c3ccc(F)cc3C(F)(F)F)nc12)Nc1nc(CN2CCOCC2)cs1. The topological polar surface area (TPSA) is 83.1 Å². The van der Waals surface area contributed by atoms with Gasteiger partial charge in [0.1, 0.15) is 11.6 Å². The van der Waals surface area contributed by atoms with Crippen LogP contribution >= 0.6 is 11.3 Å². The van der Waals surface area contributed by atoms with Crippen molar-refractivity contribution in [1.29, 1.82) is 0 Å². The molecular weight excluding hydrogens is 498 g/mol. The molecule has 1 saturated heterocycles. The number of anilines is 1. The van der Waals surface area contributed by atoms with Gasteiger partial charge in [-0.25, -0.2) is 14.4 Å².